The van der Waals surface area contributed by atoms with E-state index in [1.54, 1.807) is 0 Å². The number of hydrogen-bond donors (Lipinski definition) is 0. The van der Waals surface area contributed by atoms with E-state index in [2.05, 4.69) is 114 Å². The van der Waals surface area contributed by atoms with Gasteiger partial charge in [0.15, 0.2) is 0 Å². The maximum Gasteiger partial charge on any atom is 0.0595 e. The molecule has 1 aliphatic rings. The van der Waals surface area contributed by atoms with Gasteiger partial charge < -0.3 is 4.90 Å². The van der Waals surface area contributed by atoms with Crippen LogP contribution in [0.15, 0.2) is 72.8 Å². The lowest BCUT2D eigenvalue weighted by Gasteiger charge is -2.42. The molecule has 1 heterocycles. The van der Waals surface area contributed by atoms with Gasteiger partial charge in [-0.3, -0.25) is 0 Å². The number of nitrogens with zero attached hydrogens (tertiary/aromatic N) is 1. The smallest absolute Gasteiger partial charge is 0.0595 e. The Morgan fingerprint density at radius 1 is 0.652 bits per heavy atom. The fourth-order valence-electron chi connectivity index (χ4n) is 3.56. The van der Waals surface area contributed by atoms with Crippen LogP contribution >= 0.6 is 22.6 Å². The summed E-state index contributed by atoms with van der Waals surface area (Å²) in [5, 5.41) is 0. The average Bonchev–Trinajstić information content (AvgIpc) is 2.57. The molecule has 2 heteroatoms. The third-order valence-corrected chi connectivity index (χ3v) is 5.64. The van der Waals surface area contributed by atoms with Crippen LogP contribution in [-0.2, 0) is 5.41 Å². The SMILES string of the molecule is CC1(C)c2ccccc2N(c2ccccc2I)c2ccccc21. The van der Waals surface area contributed by atoms with Gasteiger partial charge in [-0.25, -0.2) is 0 Å². The summed E-state index contributed by atoms with van der Waals surface area (Å²) in [4.78, 5) is 2.40. The summed E-state index contributed by atoms with van der Waals surface area (Å²) >= 11 is 2.43. The Morgan fingerprint density at radius 2 is 1.09 bits per heavy atom. The van der Waals surface area contributed by atoms with E-state index < -0.39 is 0 Å². The fourth-order valence-corrected chi connectivity index (χ4v) is 4.19. The number of fused-ring (bicyclic) bond motifs is 2. The summed E-state index contributed by atoms with van der Waals surface area (Å²) in [5.41, 5.74) is 6.55. The van der Waals surface area contributed by atoms with Gasteiger partial charge >= 0.3 is 0 Å². The normalized spacial score (nSPS) is 15.0. The molecule has 0 N–H and O–H groups in total. The summed E-state index contributed by atoms with van der Waals surface area (Å²) in [7, 11) is 0. The lowest BCUT2D eigenvalue weighted by atomic mass is 9.73. The van der Waals surface area contributed by atoms with Crippen LogP contribution in [0, 0.1) is 3.57 Å². The average molecular weight is 411 g/mol. The summed E-state index contributed by atoms with van der Waals surface area (Å²) < 4.78 is 1.26. The first-order valence-electron chi connectivity index (χ1n) is 7.84. The van der Waals surface area contributed by atoms with Crippen LogP contribution < -0.4 is 4.90 Å². The third kappa shape index (κ3) is 2.19. The van der Waals surface area contributed by atoms with Crippen molar-refractivity contribution in [3.05, 3.63) is 87.5 Å². The molecule has 0 radical (unpaired) electrons. The monoisotopic (exact) mass is 411 g/mol. The Balaban J connectivity index is 2.07. The Kier molecular flexibility index (Phi) is 3.45. The topological polar surface area (TPSA) is 3.24 Å². The van der Waals surface area contributed by atoms with Crippen LogP contribution in [0.1, 0.15) is 25.0 Å². The Bertz CT molecular complexity index is 833. The highest BCUT2D eigenvalue weighted by Crippen LogP contribution is 2.52. The van der Waals surface area contributed by atoms with Gasteiger partial charge in [-0.2, -0.15) is 0 Å². The molecule has 114 valence electrons. The Hall–Kier alpha value is -1.81. The van der Waals surface area contributed by atoms with Crippen molar-refractivity contribution in [3.63, 3.8) is 0 Å². The number of para-hydroxylation sites is 3. The van der Waals surface area contributed by atoms with Gasteiger partial charge in [0.2, 0.25) is 0 Å². The molecule has 0 fully saturated rings. The van der Waals surface area contributed by atoms with Crippen LogP contribution in [0.4, 0.5) is 17.1 Å². The molecular weight excluding hydrogens is 393 g/mol. The zero-order valence-electron chi connectivity index (χ0n) is 13.3. The molecular formula is C21H18IN. The summed E-state index contributed by atoms with van der Waals surface area (Å²) in [6.45, 7) is 4.63. The first-order valence-corrected chi connectivity index (χ1v) is 8.92. The number of halogens is 1. The molecule has 3 aromatic rings. The van der Waals surface area contributed by atoms with Gasteiger partial charge in [-0.1, -0.05) is 62.4 Å². The van der Waals surface area contributed by atoms with Gasteiger partial charge in [0.1, 0.15) is 0 Å². The molecule has 3 aromatic carbocycles. The number of anilines is 3. The number of hydrogen-bond acceptors (Lipinski definition) is 1. The molecule has 0 unspecified atom stereocenters. The molecule has 0 spiro atoms. The maximum atomic E-state index is 2.43. The largest absolute Gasteiger partial charge is 0.309 e. The second kappa shape index (κ2) is 5.38. The maximum absolute atomic E-state index is 2.43. The minimum absolute atomic E-state index is 0.00387. The van der Waals surface area contributed by atoms with E-state index in [0.717, 1.165) is 0 Å². The van der Waals surface area contributed by atoms with E-state index in [1.165, 1.54) is 31.8 Å². The van der Waals surface area contributed by atoms with Crippen LogP contribution in [0.3, 0.4) is 0 Å². The van der Waals surface area contributed by atoms with E-state index in [1.807, 2.05) is 0 Å². The Labute approximate surface area is 151 Å². The first-order chi connectivity index (χ1) is 11.1. The van der Waals surface area contributed by atoms with Gasteiger partial charge in [0.25, 0.3) is 0 Å². The van der Waals surface area contributed by atoms with Crippen molar-refractivity contribution in [2.24, 2.45) is 0 Å². The summed E-state index contributed by atoms with van der Waals surface area (Å²) in [6.07, 6.45) is 0. The van der Waals surface area contributed by atoms with Crippen LogP contribution in [0.25, 0.3) is 0 Å². The lowest BCUT2D eigenvalue weighted by Crippen LogP contribution is -2.30. The third-order valence-electron chi connectivity index (χ3n) is 4.73. The van der Waals surface area contributed by atoms with Crippen LogP contribution in [0.2, 0.25) is 0 Å². The lowest BCUT2D eigenvalue weighted by molar-refractivity contribution is 0.632. The Morgan fingerprint density at radius 3 is 1.61 bits per heavy atom. The second-order valence-electron chi connectivity index (χ2n) is 6.45. The summed E-state index contributed by atoms with van der Waals surface area (Å²) in [5.74, 6) is 0. The van der Waals surface area contributed by atoms with Gasteiger partial charge in [-0.15, -0.1) is 0 Å². The zero-order valence-corrected chi connectivity index (χ0v) is 15.4. The van der Waals surface area contributed by atoms with Gasteiger partial charge in [0.05, 0.1) is 17.1 Å². The standard InChI is InChI=1S/C21H18IN/c1-21(2)15-9-3-6-12-18(15)23(19-13-7-4-10-16(19)21)20-14-8-5-11-17(20)22/h3-14H,1-2H3. The minimum atomic E-state index is 0.00387. The van der Waals surface area contributed by atoms with Gasteiger partial charge in [0, 0.05) is 8.99 Å². The zero-order chi connectivity index (χ0) is 16.0. The fraction of sp³-hybridized carbons (Fsp3) is 0.143. The molecule has 0 aromatic heterocycles. The van der Waals surface area contributed by atoms with Crippen LogP contribution in [-0.4, -0.2) is 0 Å². The number of benzene rings is 3. The predicted octanol–water partition coefficient (Wildman–Crippen LogP) is 6.40. The quantitative estimate of drug-likeness (QED) is 0.419. The molecule has 0 atom stereocenters. The molecule has 1 nitrogen and oxygen atoms in total. The highest BCUT2D eigenvalue weighted by molar-refractivity contribution is 14.1. The highest BCUT2D eigenvalue weighted by Gasteiger charge is 2.36. The second-order valence-corrected chi connectivity index (χ2v) is 7.61. The molecule has 4 rings (SSSR count). The van der Waals surface area contributed by atoms with Gasteiger partial charge in [-0.05, 0) is 58.0 Å². The molecule has 0 saturated carbocycles. The molecule has 1 aliphatic heterocycles. The van der Waals surface area contributed by atoms with Crippen molar-refractivity contribution in [3.8, 4) is 0 Å². The van der Waals surface area contributed by atoms with Crippen molar-refractivity contribution in [1.82, 2.24) is 0 Å². The van der Waals surface area contributed by atoms with E-state index in [4.69, 9.17) is 0 Å². The van der Waals surface area contributed by atoms with E-state index >= 15 is 0 Å². The van der Waals surface area contributed by atoms with Crippen molar-refractivity contribution < 1.29 is 0 Å². The molecule has 0 aliphatic carbocycles. The van der Waals surface area contributed by atoms with Crippen molar-refractivity contribution in [1.29, 1.82) is 0 Å². The van der Waals surface area contributed by atoms with Crippen molar-refractivity contribution >= 4 is 39.7 Å². The molecule has 0 saturated heterocycles. The first kappa shape index (κ1) is 14.8. The summed E-state index contributed by atoms with van der Waals surface area (Å²) in [6, 6.07) is 26.1. The van der Waals surface area contributed by atoms with Crippen molar-refractivity contribution in [2.45, 2.75) is 19.3 Å². The van der Waals surface area contributed by atoms with Crippen molar-refractivity contribution in [2.75, 3.05) is 4.90 Å². The highest BCUT2D eigenvalue weighted by atomic mass is 127. The minimum Gasteiger partial charge on any atom is -0.309 e. The predicted molar refractivity (Wildman–Crippen MR) is 106 cm³/mol. The molecule has 0 amide bonds. The molecule has 23 heavy (non-hydrogen) atoms. The van der Waals surface area contributed by atoms with E-state index in [0.29, 0.717) is 0 Å². The van der Waals surface area contributed by atoms with E-state index in [9.17, 15) is 0 Å². The number of rotatable bonds is 1. The van der Waals surface area contributed by atoms with Crippen LogP contribution in [0.5, 0.6) is 0 Å². The molecule has 0 bridgehead atoms. The van der Waals surface area contributed by atoms with E-state index in [-0.39, 0.29) is 5.41 Å².